The van der Waals surface area contributed by atoms with Gasteiger partial charge in [0, 0.05) is 36.9 Å². The Morgan fingerprint density at radius 1 is 1.21 bits per heavy atom. The van der Waals surface area contributed by atoms with Gasteiger partial charge in [-0.15, -0.1) is 0 Å². The van der Waals surface area contributed by atoms with E-state index in [4.69, 9.17) is 13.9 Å². The molecule has 1 aliphatic rings. The molecule has 1 aliphatic heterocycles. The fourth-order valence-electron chi connectivity index (χ4n) is 3.76. The molecular formula is C22H30N2O4. The molecule has 6 heteroatoms. The summed E-state index contributed by atoms with van der Waals surface area (Å²) in [7, 11) is 3.19. The summed E-state index contributed by atoms with van der Waals surface area (Å²) in [4.78, 5) is 14.8. The molecule has 3 rings (SSSR count). The molecule has 2 aromatic rings. The Bertz CT molecular complexity index is 764. The fourth-order valence-corrected chi connectivity index (χ4v) is 3.76. The Morgan fingerprint density at radius 3 is 2.61 bits per heavy atom. The van der Waals surface area contributed by atoms with E-state index in [9.17, 15) is 4.79 Å². The van der Waals surface area contributed by atoms with Crippen LogP contribution < -0.4 is 14.8 Å². The molecule has 1 N–H and O–H groups in total. The van der Waals surface area contributed by atoms with Gasteiger partial charge >= 0.3 is 0 Å². The first kappa shape index (κ1) is 20.3. The van der Waals surface area contributed by atoms with Gasteiger partial charge in [-0.05, 0) is 50.8 Å². The van der Waals surface area contributed by atoms with Crippen LogP contribution in [0.2, 0.25) is 0 Å². The average molecular weight is 386 g/mol. The van der Waals surface area contributed by atoms with Gasteiger partial charge in [0.25, 0.3) is 0 Å². The molecule has 1 saturated heterocycles. The van der Waals surface area contributed by atoms with Gasteiger partial charge in [-0.1, -0.05) is 0 Å². The lowest BCUT2D eigenvalue weighted by Gasteiger charge is -2.32. The molecule has 0 aliphatic carbocycles. The van der Waals surface area contributed by atoms with Crippen molar-refractivity contribution in [3.8, 4) is 11.5 Å². The summed E-state index contributed by atoms with van der Waals surface area (Å²) in [5, 5.41) is 2.96. The zero-order chi connectivity index (χ0) is 19.9. The van der Waals surface area contributed by atoms with Crippen molar-refractivity contribution >= 4 is 11.6 Å². The van der Waals surface area contributed by atoms with Crippen molar-refractivity contribution in [1.82, 2.24) is 4.90 Å². The topological polar surface area (TPSA) is 63.9 Å². The number of amides is 1. The number of anilines is 1. The highest BCUT2D eigenvalue weighted by atomic mass is 16.5. The number of rotatable bonds is 8. The normalized spacial score (nSPS) is 17.3. The first-order valence-corrected chi connectivity index (χ1v) is 9.86. The maximum absolute atomic E-state index is 12.4. The maximum atomic E-state index is 12.4. The summed E-state index contributed by atoms with van der Waals surface area (Å²) >= 11 is 0. The number of nitrogens with zero attached hydrogens (tertiary/aromatic N) is 1. The Balaban J connectivity index is 1.47. The van der Waals surface area contributed by atoms with E-state index in [1.807, 2.05) is 13.0 Å². The number of hydrogen-bond acceptors (Lipinski definition) is 5. The van der Waals surface area contributed by atoms with E-state index in [0.717, 1.165) is 37.6 Å². The quantitative estimate of drug-likeness (QED) is 0.735. The molecule has 28 heavy (non-hydrogen) atoms. The van der Waals surface area contributed by atoms with Gasteiger partial charge in [0.1, 0.15) is 23.0 Å². The van der Waals surface area contributed by atoms with Gasteiger partial charge in [-0.2, -0.15) is 0 Å². The van der Waals surface area contributed by atoms with Gasteiger partial charge < -0.3 is 19.2 Å². The predicted octanol–water partition coefficient (Wildman–Crippen LogP) is 4.24. The number of ether oxygens (including phenoxy) is 2. The van der Waals surface area contributed by atoms with Crippen molar-refractivity contribution in [2.75, 3.05) is 32.6 Å². The van der Waals surface area contributed by atoms with E-state index in [1.54, 1.807) is 32.4 Å². The second-order valence-electron chi connectivity index (χ2n) is 7.44. The minimum absolute atomic E-state index is 0.0223. The summed E-state index contributed by atoms with van der Waals surface area (Å²) in [6.07, 6.45) is 3.74. The number of nitrogens with one attached hydrogen (secondary N) is 1. The van der Waals surface area contributed by atoms with Gasteiger partial charge in [-0.25, -0.2) is 0 Å². The van der Waals surface area contributed by atoms with E-state index in [1.165, 1.54) is 12.8 Å². The van der Waals surface area contributed by atoms with Crippen molar-refractivity contribution in [3.63, 3.8) is 0 Å². The van der Waals surface area contributed by atoms with Crippen molar-refractivity contribution in [3.05, 3.63) is 41.9 Å². The molecule has 0 saturated carbocycles. The van der Waals surface area contributed by atoms with E-state index in [2.05, 4.69) is 16.3 Å². The molecule has 152 valence electrons. The zero-order valence-electron chi connectivity index (χ0n) is 17.0. The molecule has 1 amide bonds. The van der Waals surface area contributed by atoms with E-state index in [0.29, 0.717) is 29.5 Å². The van der Waals surface area contributed by atoms with Crippen LogP contribution in [0, 0.1) is 12.8 Å². The van der Waals surface area contributed by atoms with Crippen molar-refractivity contribution in [2.24, 2.45) is 5.92 Å². The second kappa shape index (κ2) is 9.64. The molecule has 6 nitrogen and oxygen atoms in total. The molecule has 1 fully saturated rings. The predicted molar refractivity (Wildman–Crippen MR) is 109 cm³/mol. The minimum Gasteiger partial charge on any atom is -0.497 e. The second-order valence-corrected chi connectivity index (χ2v) is 7.44. The first-order chi connectivity index (χ1) is 13.6. The number of hydrogen-bond donors (Lipinski definition) is 1. The van der Waals surface area contributed by atoms with Crippen LogP contribution in [0.1, 0.15) is 37.2 Å². The number of methoxy groups -OCH3 is 2. The Labute approximate surface area is 166 Å². The van der Waals surface area contributed by atoms with Crippen molar-refractivity contribution in [1.29, 1.82) is 0 Å². The van der Waals surface area contributed by atoms with Gasteiger partial charge in [-0.3, -0.25) is 9.69 Å². The zero-order valence-corrected chi connectivity index (χ0v) is 17.0. The molecule has 0 bridgehead atoms. The summed E-state index contributed by atoms with van der Waals surface area (Å²) in [5.74, 6) is 3.85. The fraction of sp³-hybridized carbons (Fsp3) is 0.500. The average Bonchev–Trinajstić information content (AvgIpc) is 3.11. The van der Waals surface area contributed by atoms with E-state index >= 15 is 0 Å². The molecule has 1 unspecified atom stereocenters. The third-order valence-corrected chi connectivity index (χ3v) is 5.19. The molecule has 0 spiro atoms. The number of aryl methyl sites for hydroxylation is 1. The number of furan rings is 1. The highest BCUT2D eigenvalue weighted by Gasteiger charge is 2.21. The van der Waals surface area contributed by atoms with Gasteiger partial charge in [0.2, 0.25) is 5.91 Å². The number of likely N-dealkylation sites (tertiary alicyclic amines) is 1. The highest BCUT2D eigenvalue weighted by Crippen LogP contribution is 2.27. The maximum Gasteiger partial charge on any atom is 0.224 e. The molecule has 1 atom stereocenters. The van der Waals surface area contributed by atoms with Gasteiger partial charge in [0.15, 0.2) is 0 Å². The van der Waals surface area contributed by atoms with Crippen LogP contribution in [0.3, 0.4) is 0 Å². The van der Waals surface area contributed by atoms with Crippen LogP contribution in [0.5, 0.6) is 11.5 Å². The monoisotopic (exact) mass is 386 g/mol. The Kier molecular flexibility index (Phi) is 6.98. The van der Waals surface area contributed by atoms with Crippen LogP contribution in [-0.2, 0) is 11.3 Å². The third-order valence-electron chi connectivity index (χ3n) is 5.19. The van der Waals surface area contributed by atoms with Crippen molar-refractivity contribution < 1.29 is 18.7 Å². The van der Waals surface area contributed by atoms with Crippen LogP contribution in [0.4, 0.5) is 5.69 Å². The SMILES string of the molecule is COc1cc(NC(=O)CCC2CCCN(Cc3ccc(C)o3)C2)cc(OC)c1. The third kappa shape index (κ3) is 5.76. The van der Waals surface area contributed by atoms with Crippen molar-refractivity contribution in [2.45, 2.75) is 39.2 Å². The lowest BCUT2D eigenvalue weighted by molar-refractivity contribution is -0.116. The lowest BCUT2D eigenvalue weighted by atomic mass is 9.93. The van der Waals surface area contributed by atoms with E-state index < -0.39 is 0 Å². The first-order valence-electron chi connectivity index (χ1n) is 9.86. The smallest absolute Gasteiger partial charge is 0.224 e. The summed E-state index contributed by atoms with van der Waals surface area (Å²) in [6, 6.07) is 9.44. The van der Waals surface area contributed by atoms with Gasteiger partial charge in [0.05, 0.1) is 20.8 Å². The number of carbonyl (C=O) groups excluding carboxylic acids is 1. The lowest BCUT2D eigenvalue weighted by Crippen LogP contribution is -2.35. The summed E-state index contributed by atoms with van der Waals surface area (Å²) < 4.78 is 16.2. The van der Waals surface area contributed by atoms with Crippen LogP contribution >= 0.6 is 0 Å². The summed E-state index contributed by atoms with van der Waals surface area (Å²) in [5.41, 5.74) is 0.694. The molecule has 1 aromatic heterocycles. The van der Waals surface area contributed by atoms with Crippen LogP contribution in [0.25, 0.3) is 0 Å². The van der Waals surface area contributed by atoms with E-state index in [-0.39, 0.29) is 5.91 Å². The number of piperidine rings is 1. The molecule has 0 radical (unpaired) electrons. The van der Waals surface area contributed by atoms with Crippen LogP contribution in [0.15, 0.2) is 34.7 Å². The Morgan fingerprint density at radius 2 is 1.96 bits per heavy atom. The molecule has 2 heterocycles. The standard InChI is InChI=1S/C22H30N2O4/c1-16-6-8-19(28-16)15-24-10-4-5-17(14-24)7-9-22(25)23-18-11-20(26-2)13-21(12-18)27-3/h6,8,11-13,17H,4-5,7,9-10,14-15H2,1-3H3,(H,23,25). The molecule has 1 aromatic carbocycles. The van der Waals surface area contributed by atoms with Crippen LogP contribution in [-0.4, -0.2) is 38.1 Å². The number of carbonyl (C=O) groups is 1. The largest absolute Gasteiger partial charge is 0.497 e. The minimum atomic E-state index is 0.0223. The summed E-state index contributed by atoms with van der Waals surface area (Å²) in [6.45, 7) is 4.92. The number of benzene rings is 1. The molecular weight excluding hydrogens is 356 g/mol. The highest BCUT2D eigenvalue weighted by molar-refractivity contribution is 5.91. The Hall–Kier alpha value is -2.47.